The normalized spacial score (nSPS) is 20.8. The first-order chi connectivity index (χ1) is 8.70. The van der Waals surface area contributed by atoms with Crippen LogP contribution in [0, 0.1) is 11.3 Å². The number of anilines is 1. The van der Waals surface area contributed by atoms with Crippen LogP contribution in [0.4, 0.5) is 5.69 Å². The summed E-state index contributed by atoms with van der Waals surface area (Å²) in [5.41, 5.74) is 3.38. The zero-order chi connectivity index (χ0) is 12.6. The zero-order valence-corrected chi connectivity index (χ0v) is 11.6. The van der Waals surface area contributed by atoms with E-state index in [0.717, 1.165) is 12.5 Å². The molecule has 0 amide bonds. The molecule has 2 saturated carbocycles. The second-order valence-corrected chi connectivity index (χ2v) is 6.30. The number of hydrogen-bond acceptors (Lipinski definition) is 2. The summed E-state index contributed by atoms with van der Waals surface area (Å²) in [6, 6.07) is 8.87. The molecule has 1 N–H and O–H groups in total. The van der Waals surface area contributed by atoms with Crippen molar-refractivity contribution < 1.29 is 0 Å². The van der Waals surface area contributed by atoms with Gasteiger partial charge in [0.15, 0.2) is 0 Å². The summed E-state index contributed by atoms with van der Waals surface area (Å²) in [7, 11) is 4.17. The van der Waals surface area contributed by atoms with Gasteiger partial charge in [0.05, 0.1) is 0 Å². The van der Waals surface area contributed by atoms with Gasteiger partial charge >= 0.3 is 0 Å². The highest BCUT2D eigenvalue weighted by Gasteiger charge is 2.53. The van der Waals surface area contributed by atoms with E-state index in [4.69, 9.17) is 0 Å². The summed E-state index contributed by atoms with van der Waals surface area (Å²) < 4.78 is 0. The molecule has 0 radical (unpaired) electrons. The third kappa shape index (κ3) is 2.54. The van der Waals surface area contributed by atoms with Crippen LogP contribution in [0.2, 0.25) is 0 Å². The van der Waals surface area contributed by atoms with Gasteiger partial charge in [0, 0.05) is 32.9 Å². The molecule has 0 aliphatic heterocycles. The van der Waals surface area contributed by atoms with Crippen molar-refractivity contribution >= 4 is 5.69 Å². The lowest BCUT2D eigenvalue weighted by Gasteiger charge is -2.16. The van der Waals surface area contributed by atoms with E-state index in [9.17, 15) is 0 Å². The highest BCUT2D eigenvalue weighted by Crippen LogP contribution is 2.60. The predicted molar refractivity (Wildman–Crippen MR) is 76.9 cm³/mol. The van der Waals surface area contributed by atoms with Crippen molar-refractivity contribution in [2.45, 2.75) is 32.2 Å². The molecule has 2 heteroatoms. The molecular formula is C16H24N2. The maximum Gasteiger partial charge on any atom is 0.0361 e. The quantitative estimate of drug-likeness (QED) is 0.827. The van der Waals surface area contributed by atoms with Gasteiger partial charge in [-0.25, -0.2) is 0 Å². The molecule has 0 spiro atoms. The maximum absolute atomic E-state index is 3.66. The lowest BCUT2D eigenvalue weighted by molar-refractivity contribution is 0.403. The number of hydrogen-bond donors (Lipinski definition) is 1. The Labute approximate surface area is 110 Å². The lowest BCUT2D eigenvalue weighted by atomic mass is 10.0. The van der Waals surface area contributed by atoms with E-state index < -0.39 is 0 Å². The van der Waals surface area contributed by atoms with E-state index in [0.29, 0.717) is 5.41 Å². The molecule has 2 nitrogen and oxygen atoms in total. The van der Waals surface area contributed by atoms with Gasteiger partial charge in [0.1, 0.15) is 0 Å². The van der Waals surface area contributed by atoms with Crippen molar-refractivity contribution in [2.75, 3.05) is 25.5 Å². The van der Waals surface area contributed by atoms with E-state index in [1.165, 1.54) is 43.5 Å². The van der Waals surface area contributed by atoms with Gasteiger partial charge < -0.3 is 10.2 Å². The maximum atomic E-state index is 3.66. The predicted octanol–water partition coefficient (Wildman–Crippen LogP) is 3.03. The summed E-state index contributed by atoms with van der Waals surface area (Å²) >= 11 is 0. The minimum absolute atomic E-state index is 0.712. The molecule has 0 heterocycles. The fourth-order valence-electron chi connectivity index (χ4n) is 2.95. The van der Waals surface area contributed by atoms with Gasteiger partial charge in [0.25, 0.3) is 0 Å². The van der Waals surface area contributed by atoms with Gasteiger partial charge in [0.2, 0.25) is 0 Å². The second-order valence-electron chi connectivity index (χ2n) is 6.30. The molecule has 3 rings (SSSR count). The molecule has 2 fully saturated rings. The Balaban J connectivity index is 1.48. The van der Waals surface area contributed by atoms with Crippen molar-refractivity contribution in [1.29, 1.82) is 0 Å². The van der Waals surface area contributed by atoms with E-state index >= 15 is 0 Å². The fraction of sp³-hybridized carbons (Fsp3) is 0.625. The Morgan fingerprint density at radius 3 is 2.33 bits per heavy atom. The smallest absolute Gasteiger partial charge is 0.0361 e. The highest BCUT2D eigenvalue weighted by atomic mass is 15.1. The Kier molecular flexibility index (Phi) is 3.06. The van der Waals surface area contributed by atoms with Crippen LogP contribution in [-0.2, 0) is 6.54 Å². The summed E-state index contributed by atoms with van der Waals surface area (Å²) in [6.07, 6.45) is 5.90. The molecule has 1 aromatic rings. The number of nitrogens with one attached hydrogen (secondary N) is 1. The van der Waals surface area contributed by atoms with Gasteiger partial charge in [-0.15, -0.1) is 0 Å². The number of rotatable bonds is 6. The molecule has 0 aromatic heterocycles. The first-order valence-electron chi connectivity index (χ1n) is 7.17. The molecule has 18 heavy (non-hydrogen) atoms. The van der Waals surface area contributed by atoms with Gasteiger partial charge in [-0.3, -0.25) is 0 Å². The molecule has 1 aromatic carbocycles. The summed E-state index contributed by atoms with van der Waals surface area (Å²) in [5, 5.41) is 3.66. The van der Waals surface area contributed by atoms with Gasteiger partial charge in [-0.1, -0.05) is 12.1 Å². The largest absolute Gasteiger partial charge is 0.378 e. The van der Waals surface area contributed by atoms with Crippen LogP contribution >= 0.6 is 0 Å². The fourth-order valence-corrected chi connectivity index (χ4v) is 2.95. The molecule has 98 valence electrons. The van der Waals surface area contributed by atoms with Crippen LogP contribution in [0.25, 0.3) is 0 Å². The van der Waals surface area contributed by atoms with Crippen LogP contribution in [0.1, 0.15) is 31.2 Å². The van der Waals surface area contributed by atoms with Crippen molar-refractivity contribution in [3.05, 3.63) is 29.8 Å². The van der Waals surface area contributed by atoms with E-state index in [-0.39, 0.29) is 0 Å². The number of nitrogens with zero attached hydrogens (tertiary/aromatic N) is 1. The number of benzene rings is 1. The Morgan fingerprint density at radius 2 is 1.83 bits per heavy atom. The Morgan fingerprint density at radius 1 is 1.17 bits per heavy atom. The van der Waals surface area contributed by atoms with Crippen LogP contribution < -0.4 is 10.2 Å². The highest BCUT2D eigenvalue weighted by molar-refractivity contribution is 5.45. The molecule has 2 aliphatic rings. The van der Waals surface area contributed by atoms with Crippen molar-refractivity contribution in [1.82, 2.24) is 5.32 Å². The first-order valence-corrected chi connectivity index (χ1v) is 7.17. The third-order valence-corrected chi connectivity index (χ3v) is 4.59. The minimum atomic E-state index is 0.712. The Bertz CT molecular complexity index is 400. The third-order valence-electron chi connectivity index (χ3n) is 4.59. The first kappa shape index (κ1) is 12.0. The standard InChI is InChI=1S/C16H24N2/c1-18(2)15-7-3-13(4-8-15)11-17-12-16(9-10-16)14-5-6-14/h3-4,7-8,14,17H,5-6,9-12H2,1-2H3. The van der Waals surface area contributed by atoms with Crippen molar-refractivity contribution in [2.24, 2.45) is 11.3 Å². The summed E-state index contributed by atoms with van der Waals surface area (Å²) in [5.74, 6) is 1.06. The topological polar surface area (TPSA) is 15.3 Å². The lowest BCUT2D eigenvalue weighted by Crippen LogP contribution is -2.25. The van der Waals surface area contributed by atoms with Crippen molar-refractivity contribution in [3.63, 3.8) is 0 Å². The molecule has 0 saturated heterocycles. The van der Waals surface area contributed by atoms with Crippen LogP contribution in [0.3, 0.4) is 0 Å². The van der Waals surface area contributed by atoms with Crippen LogP contribution in [0.5, 0.6) is 0 Å². The van der Waals surface area contributed by atoms with E-state index in [2.05, 4.69) is 48.6 Å². The van der Waals surface area contributed by atoms with E-state index in [1.54, 1.807) is 0 Å². The minimum Gasteiger partial charge on any atom is -0.378 e. The zero-order valence-electron chi connectivity index (χ0n) is 11.6. The second kappa shape index (κ2) is 4.58. The van der Waals surface area contributed by atoms with Crippen LogP contribution in [0.15, 0.2) is 24.3 Å². The van der Waals surface area contributed by atoms with Crippen LogP contribution in [-0.4, -0.2) is 20.6 Å². The molecular weight excluding hydrogens is 220 g/mol. The van der Waals surface area contributed by atoms with Gasteiger partial charge in [-0.05, 0) is 54.7 Å². The SMILES string of the molecule is CN(C)c1ccc(CNCC2(C3CC3)CC2)cc1. The molecule has 0 unspecified atom stereocenters. The molecule has 2 aliphatic carbocycles. The summed E-state index contributed by atoms with van der Waals surface area (Å²) in [6.45, 7) is 2.25. The van der Waals surface area contributed by atoms with E-state index in [1.807, 2.05) is 0 Å². The summed E-state index contributed by atoms with van der Waals surface area (Å²) in [4.78, 5) is 2.14. The molecule has 0 bridgehead atoms. The Hall–Kier alpha value is -1.02. The monoisotopic (exact) mass is 244 g/mol. The van der Waals surface area contributed by atoms with Crippen molar-refractivity contribution in [3.8, 4) is 0 Å². The van der Waals surface area contributed by atoms with Gasteiger partial charge in [-0.2, -0.15) is 0 Å². The average Bonchev–Trinajstić information content (AvgIpc) is 3.23. The average molecular weight is 244 g/mol. The molecule has 0 atom stereocenters.